The van der Waals surface area contributed by atoms with Crippen molar-refractivity contribution in [2.45, 2.75) is 32.1 Å². The molecule has 1 amide bonds. The van der Waals surface area contributed by atoms with Gasteiger partial charge in [-0.15, -0.1) is 0 Å². The Labute approximate surface area is 85.2 Å². The third kappa shape index (κ3) is 4.46. The monoisotopic (exact) mass is 200 g/mol. The minimum Gasteiger partial charge on any atom is -0.449 e. The summed E-state index contributed by atoms with van der Waals surface area (Å²) in [6.45, 7) is 1.51. The second kappa shape index (κ2) is 6.65. The predicted octanol–water partition coefficient (Wildman–Crippen LogP) is 1.25. The van der Waals surface area contributed by atoms with E-state index in [1.165, 1.54) is 32.1 Å². The van der Waals surface area contributed by atoms with Crippen LogP contribution in [0.25, 0.3) is 0 Å². The highest BCUT2D eigenvalue weighted by Gasteiger charge is 2.14. The Morgan fingerprint density at radius 2 is 2.07 bits per heavy atom. The van der Waals surface area contributed by atoms with Crippen molar-refractivity contribution in [1.29, 1.82) is 0 Å². The number of alkyl carbamates (subject to hydrolysis) is 1. The number of carbonyl (C=O) groups excluding carboxylic acids is 1. The smallest absolute Gasteiger partial charge is 0.407 e. The third-order valence-corrected chi connectivity index (χ3v) is 2.59. The molecule has 0 aromatic carbocycles. The summed E-state index contributed by atoms with van der Waals surface area (Å²) in [6.07, 6.45) is 5.95. The zero-order chi connectivity index (χ0) is 10.2. The summed E-state index contributed by atoms with van der Waals surface area (Å²) >= 11 is 0. The highest BCUT2D eigenvalue weighted by Crippen LogP contribution is 2.23. The van der Waals surface area contributed by atoms with Crippen molar-refractivity contribution in [1.82, 2.24) is 5.32 Å². The number of hydrogen-bond donors (Lipinski definition) is 2. The van der Waals surface area contributed by atoms with Gasteiger partial charge in [0.05, 0.1) is 6.61 Å². The zero-order valence-electron chi connectivity index (χ0n) is 8.63. The lowest BCUT2D eigenvalue weighted by molar-refractivity contribution is 0.116. The Hall–Kier alpha value is -0.770. The van der Waals surface area contributed by atoms with E-state index in [0.29, 0.717) is 25.6 Å². The lowest BCUT2D eigenvalue weighted by atomic mass is 9.90. The summed E-state index contributed by atoms with van der Waals surface area (Å²) in [6, 6.07) is 0. The minimum atomic E-state index is -0.332. The molecule has 1 aliphatic rings. The van der Waals surface area contributed by atoms with E-state index in [0.717, 1.165) is 0 Å². The van der Waals surface area contributed by atoms with Crippen molar-refractivity contribution in [2.75, 3.05) is 19.7 Å². The van der Waals surface area contributed by atoms with Gasteiger partial charge < -0.3 is 15.8 Å². The Morgan fingerprint density at radius 1 is 1.36 bits per heavy atom. The average Bonchev–Trinajstić information content (AvgIpc) is 2.25. The average molecular weight is 200 g/mol. The van der Waals surface area contributed by atoms with Gasteiger partial charge in [-0.25, -0.2) is 4.79 Å². The topological polar surface area (TPSA) is 64.3 Å². The Kier molecular flexibility index (Phi) is 5.37. The number of nitrogens with two attached hydrogens (primary N) is 1. The Morgan fingerprint density at radius 3 is 2.71 bits per heavy atom. The van der Waals surface area contributed by atoms with Crippen LogP contribution in [-0.2, 0) is 4.74 Å². The minimum absolute atomic E-state index is 0.332. The van der Waals surface area contributed by atoms with Gasteiger partial charge in [-0.05, 0) is 18.8 Å². The van der Waals surface area contributed by atoms with Gasteiger partial charge in [-0.2, -0.15) is 0 Å². The molecule has 0 unspecified atom stereocenters. The molecule has 14 heavy (non-hydrogen) atoms. The second-order valence-corrected chi connectivity index (χ2v) is 3.82. The van der Waals surface area contributed by atoms with Crippen molar-refractivity contribution >= 4 is 6.09 Å². The van der Waals surface area contributed by atoms with Crippen LogP contribution in [0.2, 0.25) is 0 Å². The fraction of sp³-hybridized carbons (Fsp3) is 0.900. The number of nitrogens with one attached hydrogen (secondary N) is 1. The summed E-state index contributed by atoms with van der Waals surface area (Å²) < 4.78 is 5.08. The molecule has 0 aromatic heterocycles. The van der Waals surface area contributed by atoms with Gasteiger partial charge in [0.25, 0.3) is 0 Å². The summed E-state index contributed by atoms with van der Waals surface area (Å²) in [5.74, 6) is 0.576. The molecular formula is C10H20N2O2. The summed E-state index contributed by atoms with van der Waals surface area (Å²) in [4.78, 5) is 11.1. The van der Waals surface area contributed by atoms with Gasteiger partial charge in [0.15, 0.2) is 0 Å². The molecule has 0 saturated heterocycles. The Bertz CT molecular complexity index is 168. The highest BCUT2D eigenvalue weighted by atomic mass is 16.5. The quantitative estimate of drug-likeness (QED) is 0.718. The molecule has 0 aromatic rings. The lowest BCUT2D eigenvalue weighted by Gasteiger charge is -2.20. The number of carbonyl (C=O) groups is 1. The first-order valence-corrected chi connectivity index (χ1v) is 5.43. The van der Waals surface area contributed by atoms with Crippen molar-refractivity contribution in [2.24, 2.45) is 11.7 Å². The number of hydrogen-bond acceptors (Lipinski definition) is 3. The summed E-state index contributed by atoms with van der Waals surface area (Å²) in [5, 5.41) is 2.59. The molecule has 1 fully saturated rings. The second-order valence-electron chi connectivity index (χ2n) is 3.82. The van der Waals surface area contributed by atoms with Crippen molar-refractivity contribution in [3.63, 3.8) is 0 Å². The summed E-state index contributed by atoms with van der Waals surface area (Å²) in [7, 11) is 0. The highest BCUT2D eigenvalue weighted by molar-refractivity contribution is 5.67. The van der Waals surface area contributed by atoms with E-state index < -0.39 is 0 Å². The van der Waals surface area contributed by atoms with Crippen LogP contribution in [-0.4, -0.2) is 25.8 Å². The number of ether oxygens (including phenoxy) is 1. The molecule has 0 radical (unpaired) electrons. The Balaban J connectivity index is 2.03. The van der Waals surface area contributed by atoms with Gasteiger partial charge in [0.2, 0.25) is 0 Å². The van der Waals surface area contributed by atoms with Crippen LogP contribution in [0.5, 0.6) is 0 Å². The molecule has 0 aliphatic heterocycles. The molecule has 82 valence electrons. The fourth-order valence-electron chi connectivity index (χ4n) is 1.77. The van der Waals surface area contributed by atoms with Gasteiger partial charge in [0, 0.05) is 13.1 Å². The molecule has 4 heteroatoms. The summed E-state index contributed by atoms with van der Waals surface area (Å²) in [5.41, 5.74) is 5.25. The van der Waals surface area contributed by atoms with E-state index in [9.17, 15) is 4.79 Å². The molecule has 0 spiro atoms. The lowest BCUT2D eigenvalue weighted by Crippen LogP contribution is -2.31. The molecule has 1 aliphatic carbocycles. The van der Waals surface area contributed by atoms with E-state index in [1.807, 2.05) is 0 Å². The van der Waals surface area contributed by atoms with Gasteiger partial charge >= 0.3 is 6.09 Å². The van der Waals surface area contributed by atoms with Crippen LogP contribution in [0.3, 0.4) is 0 Å². The fourth-order valence-corrected chi connectivity index (χ4v) is 1.77. The first-order valence-electron chi connectivity index (χ1n) is 5.43. The molecule has 3 N–H and O–H groups in total. The maximum absolute atomic E-state index is 11.1. The van der Waals surface area contributed by atoms with E-state index in [2.05, 4.69) is 5.32 Å². The molecule has 1 saturated carbocycles. The SMILES string of the molecule is NCCNC(=O)OCC1CCCCC1. The van der Waals surface area contributed by atoms with E-state index in [-0.39, 0.29) is 6.09 Å². The van der Waals surface area contributed by atoms with Crippen LogP contribution in [0, 0.1) is 5.92 Å². The van der Waals surface area contributed by atoms with Crippen molar-refractivity contribution in [3.8, 4) is 0 Å². The first-order chi connectivity index (χ1) is 6.83. The van der Waals surface area contributed by atoms with Crippen LogP contribution in [0.1, 0.15) is 32.1 Å². The van der Waals surface area contributed by atoms with Gasteiger partial charge in [-0.1, -0.05) is 19.3 Å². The van der Waals surface area contributed by atoms with Crippen molar-refractivity contribution in [3.05, 3.63) is 0 Å². The molecule has 0 atom stereocenters. The molecule has 1 rings (SSSR count). The predicted molar refractivity (Wildman–Crippen MR) is 55.0 cm³/mol. The van der Waals surface area contributed by atoms with Crippen LogP contribution in [0.15, 0.2) is 0 Å². The van der Waals surface area contributed by atoms with Gasteiger partial charge in [-0.3, -0.25) is 0 Å². The number of amides is 1. The van der Waals surface area contributed by atoms with Crippen LogP contribution in [0.4, 0.5) is 4.79 Å². The standard InChI is InChI=1S/C10H20N2O2/c11-6-7-12-10(13)14-8-9-4-2-1-3-5-9/h9H,1-8,11H2,(H,12,13). The largest absolute Gasteiger partial charge is 0.449 e. The number of rotatable bonds is 4. The molecule has 0 heterocycles. The van der Waals surface area contributed by atoms with Crippen molar-refractivity contribution < 1.29 is 9.53 Å². The van der Waals surface area contributed by atoms with Crippen LogP contribution >= 0.6 is 0 Å². The maximum Gasteiger partial charge on any atom is 0.407 e. The molecular weight excluding hydrogens is 180 g/mol. The van der Waals surface area contributed by atoms with E-state index in [4.69, 9.17) is 10.5 Å². The van der Waals surface area contributed by atoms with E-state index in [1.54, 1.807) is 0 Å². The normalized spacial score (nSPS) is 17.8. The van der Waals surface area contributed by atoms with Crippen LogP contribution < -0.4 is 11.1 Å². The van der Waals surface area contributed by atoms with E-state index >= 15 is 0 Å². The maximum atomic E-state index is 11.1. The molecule has 4 nitrogen and oxygen atoms in total. The molecule has 0 bridgehead atoms. The third-order valence-electron chi connectivity index (χ3n) is 2.59. The zero-order valence-corrected chi connectivity index (χ0v) is 8.63. The van der Waals surface area contributed by atoms with Gasteiger partial charge in [0.1, 0.15) is 0 Å². The first kappa shape index (κ1) is 11.3.